The molecule has 21 heavy (non-hydrogen) atoms. The number of halogens is 1. The molecule has 0 radical (unpaired) electrons. The molecule has 0 amide bonds. The van der Waals surface area contributed by atoms with Crippen LogP contribution < -0.4 is 4.72 Å². The van der Waals surface area contributed by atoms with E-state index in [0.717, 1.165) is 9.35 Å². The summed E-state index contributed by atoms with van der Waals surface area (Å²) in [4.78, 5) is 11.0. The van der Waals surface area contributed by atoms with E-state index in [9.17, 15) is 18.5 Å². The number of thiophene rings is 1. The maximum Gasteiger partial charge on any atom is 0.273 e. The van der Waals surface area contributed by atoms with E-state index < -0.39 is 14.9 Å². The zero-order valence-electron chi connectivity index (χ0n) is 10.9. The van der Waals surface area contributed by atoms with Gasteiger partial charge in [0.2, 0.25) is 10.0 Å². The number of rotatable bonds is 5. The average Bonchev–Trinajstić information content (AvgIpc) is 2.82. The summed E-state index contributed by atoms with van der Waals surface area (Å²) in [6, 6.07) is 5.83. The Morgan fingerprint density at radius 3 is 2.67 bits per heavy atom. The van der Waals surface area contributed by atoms with Crippen LogP contribution in [0.25, 0.3) is 0 Å². The zero-order chi connectivity index (χ0) is 15.6. The van der Waals surface area contributed by atoms with E-state index in [1.165, 1.54) is 36.5 Å². The van der Waals surface area contributed by atoms with Crippen molar-refractivity contribution in [2.45, 2.75) is 18.4 Å². The maximum absolute atomic E-state index is 12.3. The topological polar surface area (TPSA) is 89.3 Å². The lowest BCUT2D eigenvalue weighted by Crippen LogP contribution is -2.24. The highest BCUT2D eigenvalue weighted by Crippen LogP contribution is 2.26. The molecule has 6 nitrogen and oxygen atoms in total. The van der Waals surface area contributed by atoms with Crippen LogP contribution in [0.4, 0.5) is 5.69 Å². The lowest BCUT2D eigenvalue weighted by Gasteiger charge is -2.09. The molecule has 1 N–H and O–H groups in total. The van der Waals surface area contributed by atoms with E-state index in [0.29, 0.717) is 0 Å². The van der Waals surface area contributed by atoms with Gasteiger partial charge in [-0.15, -0.1) is 11.3 Å². The van der Waals surface area contributed by atoms with Crippen molar-refractivity contribution in [2.75, 3.05) is 0 Å². The highest BCUT2D eigenvalue weighted by molar-refractivity contribution is 9.10. The first kappa shape index (κ1) is 16.1. The van der Waals surface area contributed by atoms with Crippen molar-refractivity contribution in [1.82, 2.24) is 4.72 Å². The molecule has 9 heteroatoms. The predicted octanol–water partition coefficient (Wildman–Crippen LogP) is 3.21. The van der Waals surface area contributed by atoms with Crippen LogP contribution >= 0.6 is 27.3 Å². The molecule has 0 bridgehead atoms. The van der Waals surface area contributed by atoms with Gasteiger partial charge < -0.3 is 0 Å². The zero-order valence-corrected chi connectivity index (χ0v) is 14.1. The van der Waals surface area contributed by atoms with Crippen LogP contribution in [0.5, 0.6) is 0 Å². The standard InChI is InChI=1S/C12H11BrN2O4S2/c1-8-10(15(16)17)3-2-4-12(8)21(18,19)14-7-11-9(13)5-6-20-11/h2-6,14H,7H2,1H3. The Kier molecular flexibility index (Phi) is 4.77. The molecule has 0 fully saturated rings. The number of benzene rings is 1. The molecule has 1 aromatic carbocycles. The third-order valence-corrected chi connectivity index (χ3v) is 6.33. The minimum atomic E-state index is -3.81. The Labute approximate surface area is 134 Å². The second-order valence-electron chi connectivity index (χ2n) is 4.17. The van der Waals surface area contributed by atoms with E-state index in [4.69, 9.17) is 0 Å². The van der Waals surface area contributed by atoms with Gasteiger partial charge in [0.25, 0.3) is 5.69 Å². The van der Waals surface area contributed by atoms with Crippen LogP contribution in [-0.4, -0.2) is 13.3 Å². The Morgan fingerprint density at radius 1 is 1.38 bits per heavy atom. The number of nitrogens with zero attached hydrogens (tertiary/aromatic N) is 1. The molecule has 0 saturated heterocycles. The molecule has 2 aromatic rings. The van der Waals surface area contributed by atoms with Crippen LogP contribution in [0, 0.1) is 17.0 Å². The summed E-state index contributed by atoms with van der Waals surface area (Å²) >= 11 is 4.74. The summed E-state index contributed by atoms with van der Waals surface area (Å²) in [5.41, 5.74) is -0.0876. The molecule has 2 rings (SSSR count). The molecular formula is C12H11BrN2O4S2. The summed E-state index contributed by atoms with van der Waals surface area (Å²) in [6.07, 6.45) is 0. The number of hydrogen-bond acceptors (Lipinski definition) is 5. The fourth-order valence-electron chi connectivity index (χ4n) is 1.78. The molecule has 0 unspecified atom stereocenters. The Bertz CT molecular complexity index is 786. The Hall–Kier alpha value is -1.29. The van der Waals surface area contributed by atoms with E-state index in [1.807, 2.05) is 11.4 Å². The number of nitro groups is 1. The van der Waals surface area contributed by atoms with Gasteiger partial charge in [-0.3, -0.25) is 10.1 Å². The molecule has 1 aromatic heterocycles. The van der Waals surface area contributed by atoms with Crippen LogP contribution in [-0.2, 0) is 16.6 Å². The van der Waals surface area contributed by atoms with E-state index in [1.54, 1.807) is 0 Å². The Balaban J connectivity index is 2.30. The van der Waals surface area contributed by atoms with Gasteiger partial charge in [0.15, 0.2) is 0 Å². The highest BCUT2D eigenvalue weighted by atomic mass is 79.9. The third-order valence-electron chi connectivity index (χ3n) is 2.86. The summed E-state index contributed by atoms with van der Waals surface area (Å²) in [5.74, 6) is 0. The normalized spacial score (nSPS) is 11.5. The van der Waals surface area contributed by atoms with Crippen LogP contribution in [0.15, 0.2) is 39.0 Å². The first-order valence-electron chi connectivity index (χ1n) is 5.78. The molecule has 0 aliphatic carbocycles. The lowest BCUT2D eigenvalue weighted by atomic mass is 10.2. The van der Waals surface area contributed by atoms with Crippen molar-refractivity contribution in [1.29, 1.82) is 0 Å². The highest BCUT2D eigenvalue weighted by Gasteiger charge is 2.22. The number of nitro benzene ring substituents is 1. The summed E-state index contributed by atoms with van der Waals surface area (Å²) in [6.45, 7) is 1.55. The van der Waals surface area contributed by atoms with Gasteiger partial charge in [-0.25, -0.2) is 13.1 Å². The minimum absolute atomic E-state index is 0.0793. The second kappa shape index (κ2) is 6.22. The molecule has 0 aliphatic rings. The van der Waals surface area contributed by atoms with Crippen molar-refractivity contribution in [3.8, 4) is 0 Å². The van der Waals surface area contributed by atoms with E-state index in [2.05, 4.69) is 20.7 Å². The molecule has 0 atom stereocenters. The van der Waals surface area contributed by atoms with Gasteiger partial charge in [0.05, 0.1) is 9.82 Å². The molecule has 1 heterocycles. The van der Waals surface area contributed by atoms with E-state index in [-0.39, 0.29) is 22.7 Å². The number of sulfonamides is 1. The first-order chi connectivity index (χ1) is 9.83. The van der Waals surface area contributed by atoms with Gasteiger partial charge in [0.1, 0.15) is 0 Å². The summed E-state index contributed by atoms with van der Waals surface area (Å²) < 4.78 is 27.9. The van der Waals surface area contributed by atoms with Gasteiger partial charge in [0, 0.05) is 27.5 Å². The van der Waals surface area contributed by atoms with Crippen molar-refractivity contribution >= 4 is 43.0 Å². The van der Waals surface area contributed by atoms with Crippen LogP contribution in [0.3, 0.4) is 0 Å². The average molecular weight is 391 g/mol. The fourth-order valence-corrected chi connectivity index (χ4v) is 4.56. The lowest BCUT2D eigenvalue weighted by molar-refractivity contribution is -0.385. The van der Waals surface area contributed by atoms with Gasteiger partial charge >= 0.3 is 0 Å². The fraction of sp³-hybridized carbons (Fsp3) is 0.167. The summed E-state index contributed by atoms with van der Waals surface area (Å²) in [7, 11) is -3.81. The van der Waals surface area contributed by atoms with Crippen molar-refractivity contribution < 1.29 is 13.3 Å². The van der Waals surface area contributed by atoms with E-state index >= 15 is 0 Å². The van der Waals surface area contributed by atoms with Crippen molar-refractivity contribution in [3.05, 3.63) is 54.7 Å². The monoisotopic (exact) mass is 390 g/mol. The minimum Gasteiger partial charge on any atom is -0.258 e. The quantitative estimate of drug-likeness (QED) is 0.626. The summed E-state index contributed by atoms with van der Waals surface area (Å²) in [5, 5.41) is 12.7. The van der Waals surface area contributed by atoms with Crippen molar-refractivity contribution in [3.63, 3.8) is 0 Å². The third kappa shape index (κ3) is 3.49. The SMILES string of the molecule is Cc1c([N+](=O)[O-])cccc1S(=O)(=O)NCc1sccc1Br. The Morgan fingerprint density at radius 2 is 2.10 bits per heavy atom. The number of hydrogen-bond donors (Lipinski definition) is 1. The smallest absolute Gasteiger partial charge is 0.258 e. The van der Waals surface area contributed by atoms with Gasteiger partial charge in [-0.05, 0) is 40.4 Å². The molecule has 112 valence electrons. The van der Waals surface area contributed by atoms with Gasteiger partial charge in [-0.2, -0.15) is 0 Å². The van der Waals surface area contributed by atoms with Crippen LogP contribution in [0.2, 0.25) is 0 Å². The van der Waals surface area contributed by atoms with Gasteiger partial charge in [-0.1, -0.05) is 6.07 Å². The predicted molar refractivity (Wildman–Crippen MR) is 83.9 cm³/mol. The largest absolute Gasteiger partial charge is 0.273 e. The molecule has 0 spiro atoms. The number of nitrogens with one attached hydrogen (secondary N) is 1. The maximum atomic E-state index is 12.3. The molecular weight excluding hydrogens is 380 g/mol. The molecule has 0 aliphatic heterocycles. The van der Waals surface area contributed by atoms with Crippen molar-refractivity contribution in [2.24, 2.45) is 0 Å². The second-order valence-corrected chi connectivity index (χ2v) is 7.76. The first-order valence-corrected chi connectivity index (χ1v) is 8.94. The van der Waals surface area contributed by atoms with Crippen LogP contribution in [0.1, 0.15) is 10.4 Å². The molecule has 0 saturated carbocycles.